The van der Waals surface area contributed by atoms with Gasteiger partial charge >= 0.3 is 0 Å². The number of hydrogen-bond acceptors (Lipinski definition) is 5. The first kappa shape index (κ1) is 42.5. The van der Waals surface area contributed by atoms with Crippen LogP contribution in [0.5, 0.6) is 0 Å². The molecule has 0 saturated carbocycles. The third kappa shape index (κ3) is 7.30. The van der Waals surface area contributed by atoms with Crippen molar-refractivity contribution in [3.05, 3.63) is 255 Å². The van der Waals surface area contributed by atoms with Crippen molar-refractivity contribution in [1.82, 2.24) is 19.5 Å². The number of nitrogens with zero attached hydrogens (tertiary/aromatic N) is 4. The van der Waals surface area contributed by atoms with Crippen LogP contribution < -0.4 is 0 Å². The fourth-order valence-electron chi connectivity index (χ4n) is 11.0. The molecule has 6 heteroatoms. The second kappa shape index (κ2) is 17.3. The minimum Gasteiger partial charge on any atom is -0.456 e. The van der Waals surface area contributed by atoms with Gasteiger partial charge in [0.2, 0.25) is 0 Å². The highest BCUT2D eigenvalue weighted by atomic mass is 16.3. The maximum Gasteiger partial charge on any atom is 0.164 e. The fourth-order valence-corrected chi connectivity index (χ4v) is 11.0. The summed E-state index contributed by atoms with van der Waals surface area (Å²) in [7, 11) is 0. The van der Waals surface area contributed by atoms with Crippen molar-refractivity contribution in [2.75, 3.05) is 0 Å². The predicted octanol–water partition coefficient (Wildman–Crippen LogP) is 18.4. The van der Waals surface area contributed by atoms with Gasteiger partial charge in [-0.05, 0) is 111 Å². The lowest BCUT2D eigenvalue weighted by Crippen LogP contribution is -2.00. The van der Waals surface area contributed by atoms with E-state index in [-0.39, 0.29) is 0 Å². The van der Waals surface area contributed by atoms with Crippen molar-refractivity contribution in [3.63, 3.8) is 0 Å². The molecule has 4 heterocycles. The van der Waals surface area contributed by atoms with E-state index in [2.05, 4.69) is 217 Å². The molecule has 0 spiro atoms. The molecule has 0 unspecified atom stereocenters. The van der Waals surface area contributed by atoms with Gasteiger partial charge in [-0.1, -0.05) is 188 Å². The molecule has 0 aliphatic carbocycles. The Bertz CT molecular complexity index is 4690. The molecule has 0 N–H and O–H groups in total. The molecule has 4 aromatic heterocycles. The van der Waals surface area contributed by atoms with Crippen molar-refractivity contribution in [3.8, 4) is 84.4 Å². The van der Waals surface area contributed by atoms with E-state index < -0.39 is 0 Å². The number of para-hydroxylation sites is 2. The molecule has 15 aromatic rings. The Morgan fingerprint density at radius 1 is 0.240 bits per heavy atom. The average molecular weight is 959 g/mol. The molecule has 0 atom stereocenters. The van der Waals surface area contributed by atoms with E-state index in [9.17, 15) is 0 Å². The minimum atomic E-state index is 0.575. The van der Waals surface area contributed by atoms with Gasteiger partial charge in [0.15, 0.2) is 23.1 Å². The Kier molecular flexibility index (Phi) is 9.78. The van der Waals surface area contributed by atoms with Crippen molar-refractivity contribution >= 4 is 65.7 Å². The number of hydrogen-bond donors (Lipinski definition) is 0. The lowest BCUT2D eigenvalue weighted by molar-refractivity contribution is 0.666. The van der Waals surface area contributed by atoms with Crippen molar-refractivity contribution in [1.29, 1.82) is 0 Å². The van der Waals surface area contributed by atoms with Crippen LogP contribution in [0.1, 0.15) is 0 Å². The Hall–Kier alpha value is -10.2. The highest BCUT2D eigenvalue weighted by Crippen LogP contribution is 2.43. The summed E-state index contributed by atoms with van der Waals surface area (Å²) < 4.78 is 15.8. The van der Waals surface area contributed by atoms with Crippen LogP contribution in [-0.2, 0) is 0 Å². The van der Waals surface area contributed by atoms with E-state index in [1.54, 1.807) is 0 Å². The minimum absolute atomic E-state index is 0.575. The van der Waals surface area contributed by atoms with Gasteiger partial charge in [-0.2, -0.15) is 0 Å². The number of rotatable bonds is 8. The first-order chi connectivity index (χ1) is 37.1. The Morgan fingerprint density at radius 3 is 1.47 bits per heavy atom. The van der Waals surface area contributed by atoms with Crippen LogP contribution in [0.25, 0.3) is 150 Å². The van der Waals surface area contributed by atoms with Gasteiger partial charge in [-0.3, -0.25) is 0 Å². The third-order valence-corrected chi connectivity index (χ3v) is 14.7. The summed E-state index contributed by atoms with van der Waals surface area (Å²) in [5.74, 6) is 1.79. The van der Waals surface area contributed by atoms with E-state index in [4.69, 9.17) is 23.8 Å². The summed E-state index contributed by atoms with van der Waals surface area (Å²) in [6, 6.07) is 89.5. The fraction of sp³-hybridized carbons (Fsp3) is 0. The van der Waals surface area contributed by atoms with E-state index in [1.807, 2.05) is 42.5 Å². The quantitative estimate of drug-likeness (QED) is 0.152. The van der Waals surface area contributed by atoms with E-state index in [0.717, 1.165) is 111 Å². The SMILES string of the molecule is c1ccc(-c2ccc(-c3nc(-c4ccccc4)nc(-c4ccc5c(c4)oc4ccc(-c6cccc(-c7cc(-n8c9ccccc9c9cc(-c%10ccccc%10)ccc98)c8oc9ccccc9c8c7)c6)cc45)n3)cc2)cc1. The zero-order chi connectivity index (χ0) is 49.4. The van der Waals surface area contributed by atoms with Gasteiger partial charge in [-0.15, -0.1) is 0 Å². The maximum atomic E-state index is 6.81. The highest BCUT2D eigenvalue weighted by Gasteiger charge is 2.21. The van der Waals surface area contributed by atoms with Crippen molar-refractivity contribution < 1.29 is 8.83 Å². The second-order valence-electron chi connectivity index (χ2n) is 19.1. The number of benzene rings is 11. The lowest BCUT2D eigenvalue weighted by atomic mass is 9.96. The van der Waals surface area contributed by atoms with Crippen molar-refractivity contribution in [2.45, 2.75) is 0 Å². The molecule has 0 amide bonds. The van der Waals surface area contributed by atoms with Crippen LogP contribution in [0, 0.1) is 0 Å². The van der Waals surface area contributed by atoms with Crippen LogP contribution in [0.4, 0.5) is 0 Å². The predicted molar refractivity (Wildman–Crippen MR) is 307 cm³/mol. The first-order valence-electron chi connectivity index (χ1n) is 25.2. The molecule has 11 aromatic carbocycles. The number of aromatic nitrogens is 4. The van der Waals surface area contributed by atoms with Gasteiger partial charge < -0.3 is 13.4 Å². The van der Waals surface area contributed by atoms with Gasteiger partial charge in [-0.25, -0.2) is 15.0 Å². The Morgan fingerprint density at radius 2 is 0.707 bits per heavy atom. The van der Waals surface area contributed by atoms with Gasteiger partial charge in [0.05, 0.1) is 16.7 Å². The Balaban J connectivity index is 0.817. The maximum absolute atomic E-state index is 6.81. The largest absolute Gasteiger partial charge is 0.456 e. The number of furan rings is 2. The summed E-state index contributed by atoms with van der Waals surface area (Å²) >= 11 is 0. The Labute approximate surface area is 431 Å². The van der Waals surface area contributed by atoms with E-state index in [1.165, 1.54) is 21.9 Å². The summed E-state index contributed by atoms with van der Waals surface area (Å²) in [6.07, 6.45) is 0. The molecule has 75 heavy (non-hydrogen) atoms. The average Bonchev–Trinajstić information content (AvgIpc) is 4.22. The normalized spacial score (nSPS) is 11.7. The van der Waals surface area contributed by atoms with Crippen LogP contribution in [0.3, 0.4) is 0 Å². The summed E-state index contributed by atoms with van der Waals surface area (Å²) in [4.78, 5) is 15.1. The molecule has 6 nitrogen and oxygen atoms in total. The molecule has 0 aliphatic heterocycles. The second-order valence-corrected chi connectivity index (χ2v) is 19.1. The van der Waals surface area contributed by atoms with Crippen molar-refractivity contribution in [2.24, 2.45) is 0 Å². The molecule has 0 bridgehead atoms. The summed E-state index contributed by atoms with van der Waals surface area (Å²) in [5.41, 5.74) is 18.3. The molecule has 350 valence electrons. The molecular weight excluding hydrogens is 917 g/mol. The monoisotopic (exact) mass is 958 g/mol. The van der Waals surface area contributed by atoms with Gasteiger partial charge in [0.1, 0.15) is 16.7 Å². The third-order valence-electron chi connectivity index (χ3n) is 14.7. The molecule has 15 rings (SSSR count). The molecular formula is C69H42N4O2. The standard InChI is InChI=1S/C69H42N4O2/c1-4-15-43(16-5-1)45-27-29-47(30-28-45)68-70-67(46-19-8-3-9-20-46)71-69(72-68)52-31-34-56-58-39-51(33-36-64(58)74-65(56)42-52)48-21-14-22-49(37-48)53-40-59-55-24-11-13-26-63(55)75-66(59)62(41-53)73-60-25-12-10-23-54(60)57-38-50(32-35-61(57)73)44-17-6-2-7-18-44/h1-42H. The van der Waals surface area contributed by atoms with Gasteiger partial charge in [0.25, 0.3) is 0 Å². The summed E-state index contributed by atoms with van der Waals surface area (Å²) in [5, 5.41) is 6.60. The molecule has 0 saturated heterocycles. The zero-order valence-corrected chi connectivity index (χ0v) is 40.4. The van der Waals surface area contributed by atoms with Crippen LogP contribution in [0.15, 0.2) is 264 Å². The summed E-state index contributed by atoms with van der Waals surface area (Å²) in [6.45, 7) is 0. The van der Waals surface area contributed by atoms with Gasteiger partial charge in [0, 0.05) is 49.0 Å². The van der Waals surface area contributed by atoms with Crippen LogP contribution in [0.2, 0.25) is 0 Å². The highest BCUT2D eigenvalue weighted by molar-refractivity contribution is 6.14. The van der Waals surface area contributed by atoms with Crippen LogP contribution in [-0.4, -0.2) is 19.5 Å². The molecule has 0 aliphatic rings. The molecule has 0 fully saturated rings. The lowest BCUT2D eigenvalue weighted by Gasteiger charge is -2.13. The zero-order valence-electron chi connectivity index (χ0n) is 40.4. The number of fused-ring (bicyclic) bond motifs is 9. The smallest absolute Gasteiger partial charge is 0.164 e. The van der Waals surface area contributed by atoms with Crippen LogP contribution >= 0.6 is 0 Å². The topological polar surface area (TPSA) is 69.9 Å². The molecule has 0 radical (unpaired) electrons. The van der Waals surface area contributed by atoms with E-state index >= 15 is 0 Å². The van der Waals surface area contributed by atoms with E-state index in [0.29, 0.717) is 17.5 Å². The first-order valence-corrected chi connectivity index (χ1v) is 25.2.